The smallest absolute Gasteiger partial charge is 0.0807 e. The summed E-state index contributed by atoms with van der Waals surface area (Å²) in [5, 5.41) is 3.44. The van der Waals surface area contributed by atoms with E-state index in [-0.39, 0.29) is 5.60 Å². The van der Waals surface area contributed by atoms with E-state index in [2.05, 4.69) is 12.2 Å². The van der Waals surface area contributed by atoms with Crippen molar-refractivity contribution < 1.29 is 18.9 Å². The minimum atomic E-state index is 0.0343. The highest BCUT2D eigenvalue weighted by molar-refractivity contribution is 4.86. The average Bonchev–Trinajstić information content (AvgIpc) is 2.52. The summed E-state index contributed by atoms with van der Waals surface area (Å²) >= 11 is 0. The van der Waals surface area contributed by atoms with Gasteiger partial charge in [0.1, 0.15) is 0 Å². The molecule has 126 valence electrons. The van der Waals surface area contributed by atoms with Gasteiger partial charge in [-0.1, -0.05) is 26.2 Å². The predicted octanol–water partition coefficient (Wildman–Crippen LogP) is 1.99. The first kappa shape index (κ1) is 18.8. The Morgan fingerprint density at radius 1 is 0.857 bits per heavy atom. The summed E-state index contributed by atoms with van der Waals surface area (Å²) in [6.07, 6.45) is 6.23. The Kier molecular flexibility index (Phi) is 11.1. The van der Waals surface area contributed by atoms with Crippen molar-refractivity contribution in [3.63, 3.8) is 0 Å². The third-order valence-corrected chi connectivity index (χ3v) is 3.90. The third-order valence-electron chi connectivity index (χ3n) is 3.90. The molecule has 0 unspecified atom stereocenters. The SMILES string of the molecule is CCNCC1(OCCOCCOCCOC)CCCCC1. The number of likely N-dealkylation sites (N-methyl/N-ethyl adjacent to an activating group) is 1. The standard InChI is InChI=1S/C16H33NO4/c1-3-17-15-16(7-5-4-6-8-16)21-14-13-20-12-11-19-10-9-18-2/h17H,3-15H2,1-2H3. The van der Waals surface area contributed by atoms with Gasteiger partial charge in [-0.05, 0) is 19.4 Å². The first-order chi connectivity index (χ1) is 10.3. The monoisotopic (exact) mass is 303 g/mol. The number of rotatable bonds is 13. The fourth-order valence-corrected chi connectivity index (χ4v) is 2.70. The Bertz CT molecular complexity index is 232. The Labute approximate surface area is 129 Å². The zero-order valence-corrected chi connectivity index (χ0v) is 13.8. The van der Waals surface area contributed by atoms with Gasteiger partial charge in [-0.3, -0.25) is 0 Å². The zero-order chi connectivity index (χ0) is 15.2. The van der Waals surface area contributed by atoms with E-state index in [0.717, 1.165) is 13.1 Å². The Hall–Kier alpha value is -0.200. The van der Waals surface area contributed by atoms with Crippen LogP contribution in [0, 0.1) is 0 Å². The van der Waals surface area contributed by atoms with Gasteiger partial charge in [-0.2, -0.15) is 0 Å². The van der Waals surface area contributed by atoms with Gasteiger partial charge in [-0.25, -0.2) is 0 Å². The quantitative estimate of drug-likeness (QED) is 0.527. The largest absolute Gasteiger partial charge is 0.382 e. The van der Waals surface area contributed by atoms with Crippen molar-refractivity contribution in [1.29, 1.82) is 0 Å². The van der Waals surface area contributed by atoms with Crippen LogP contribution >= 0.6 is 0 Å². The summed E-state index contributed by atoms with van der Waals surface area (Å²) in [6, 6.07) is 0. The molecule has 0 heterocycles. The van der Waals surface area contributed by atoms with Crippen LogP contribution in [0.3, 0.4) is 0 Å². The molecule has 0 aliphatic heterocycles. The normalized spacial score (nSPS) is 18.0. The van der Waals surface area contributed by atoms with Crippen molar-refractivity contribution in [1.82, 2.24) is 5.32 Å². The van der Waals surface area contributed by atoms with Crippen LogP contribution in [0.5, 0.6) is 0 Å². The Balaban J connectivity index is 2.04. The molecule has 0 spiro atoms. The highest BCUT2D eigenvalue weighted by Gasteiger charge is 2.32. The lowest BCUT2D eigenvalue weighted by atomic mass is 9.84. The zero-order valence-electron chi connectivity index (χ0n) is 13.8. The van der Waals surface area contributed by atoms with Crippen LogP contribution in [0.2, 0.25) is 0 Å². The number of nitrogens with one attached hydrogen (secondary N) is 1. The molecule has 5 nitrogen and oxygen atoms in total. The van der Waals surface area contributed by atoms with Gasteiger partial charge in [0.15, 0.2) is 0 Å². The molecular weight excluding hydrogens is 270 g/mol. The summed E-state index contributed by atoms with van der Waals surface area (Å²) in [5.41, 5.74) is 0.0343. The summed E-state index contributed by atoms with van der Waals surface area (Å²) in [6.45, 7) is 7.91. The van der Waals surface area contributed by atoms with Gasteiger partial charge in [0, 0.05) is 13.7 Å². The van der Waals surface area contributed by atoms with Crippen LogP contribution in [-0.2, 0) is 18.9 Å². The van der Waals surface area contributed by atoms with Crippen molar-refractivity contribution in [2.24, 2.45) is 0 Å². The molecule has 0 aromatic heterocycles. The van der Waals surface area contributed by atoms with Gasteiger partial charge in [0.05, 0.1) is 45.2 Å². The van der Waals surface area contributed by atoms with E-state index in [4.69, 9.17) is 18.9 Å². The van der Waals surface area contributed by atoms with Gasteiger partial charge in [0.2, 0.25) is 0 Å². The topological polar surface area (TPSA) is 49.0 Å². The lowest BCUT2D eigenvalue weighted by Crippen LogP contribution is -2.45. The fourth-order valence-electron chi connectivity index (χ4n) is 2.70. The molecule has 1 saturated carbocycles. The van der Waals surface area contributed by atoms with Crippen molar-refractivity contribution >= 4 is 0 Å². The van der Waals surface area contributed by atoms with Crippen LogP contribution in [0.25, 0.3) is 0 Å². The van der Waals surface area contributed by atoms with E-state index in [1.54, 1.807) is 7.11 Å². The van der Waals surface area contributed by atoms with Gasteiger partial charge in [0.25, 0.3) is 0 Å². The van der Waals surface area contributed by atoms with Crippen molar-refractivity contribution in [2.75, 3.05) is 59.8 Å². The van der Waals surface area contributed by atoms with Gasteiger partial charge >= 0.3 is 0 Å². The first-order valence-electron chi connectivity index (χ1n) is 8.32. The summed E-state index contributed by atoms with van der Waals surface area (Å²) in [5.74, 6) is 0. The molecule has 1 aliphatic carbocycles. The van der Waals surface area contributed by atoms with Gasteiger partial charge < -0.3 is 24.3 Å². The number of methoxy groups -OCH3 is 1. The Morgan fingerprint density at radius 3 is 2.10 bits per heavy atom. The number of ether oxygens (including phenoxy) is 4. The molecule has 0 aromatic rings. The summed E-state index contributed by atoms with van der Waals surface area (Å²) in [4.78, 5) is 0. The maximum Gasteiger partial charge on any atom is 0.0807 e. The van der Waals surface area contributed by atoms with Crippen LogP contribution in [0.4, 0.5) is 0 Å². The van der Waals surface area contributed by atoms with Gasteiger partial charge in [-0.15, -0.1) is 0 Å². The first-order valence-corrected chi connectivity index (χ1v) is 8.32. The Morgan fingerprint density at radius 2 is 1.48 bits per heavy atom. The lowest BCUT2D eigenvalue weighted by Gasteiger charge is -2.37. The number of hydrogen-bond donors (Lipinski definition) is 1. The van der Waals surface area contributed by atoms with E-state index in [0.29, 0.717) is 39.6 Å². The molecular formula is C16H33NO4. The molecule has 1 rings (SSSR count). The number of hydrogen-bond acceptors (Lipinski definition) is 5. The second-order valence-corrected chi connectivity index (χ2v) is 5.59. The molecule has 5 heteroatoms. The molecule has 0 atom stereocenters. The van der Waals surface area contributed by atoms with E-state index in [1.165, 1.54) is 32.1 Å². The van der Waals surface area contributed by atoms with Crippen LogP contribution in [0.1, 0.15) is 39.0 Å². The highest BCUT2D eigenvalue weighted by atomic mass is 16.6. The molecule has 1 fully saturated rings. The van der Waals surface area contributed by atoms with Crippen molar-refractivity contribution in [2.45, 2.75) is 44.6 Å². The van der Waals surface area contributed by atoms with Crippen LogP contribution < -0.4 is 5.32 Å². The maximum atomic E-state index is 6.17. The molecule has 0 bridgehead atoms. The highest BCUT2D eigenvalue weighted by Crippen LogP contribution is 2.31. The third kappa shape index (κ3) is 8.73. The fraction of sp³-hybridized carbons (Fsp3) is 1.00. The van der Waals surface area contributed by atoms with E-state index < -0.39 is 0 Å². The van der Waals surface area contributed by atoms with E-state index in [1.807, 2.05) is 0 Å². The molecule has 0 saturated heterocycles. The minimum Gasteiger partial charge on any atom is -0.382 e. The second kappa shape index (κ2) is 12.4. The van der Waals surface area contributed by atoms with Crippen molar-refractivity contribution in [3.05, 3.63) is 0 Å². The second-order valence-electron chi connectivity index (χ2n) is 5.59. The molecule has 0 aromatic carbocycles. The minimum absolute atomic E-state index is 0.0343. The molecule has 0 radical (unpaired) electrons. The van der Waals surface area contributed by atoms with E-state index >= 15 is 0 Å². The lowest BCUT2D eigenvalue weighted by molar-refractivity contribution is -0.0891. The summed E-state index contributed by atoms with van der Waals surface area (Å²) < 4.78 is 22.0. The van der Waals surface area contributed by atoms with Crippen LogP contribution in [0.15, 0.2) is 0 Å². The molecule has 1 aliphatic rings. The van der Waals surface area contributed by atoms with Crippen molar-refractivity contribution in [3.8, 4) is 0 Å². The summed E-state index contributed by atoms with van der Waals surface area (Å²) in [7, 11) is 1.67. The maximum absolute atomic E-state index is 6.17. The molecule has 1 N–H and O–H groups in total. The van der Waals surface area contributed by atoms with Crippen LogP contribution in [-0.4, -0.2) is 65.4 Å². The molecule has 0 amide bonds. The average molecular weight is 303 g/mol. The van der Waals surface area contributed by atoms with E-state index in [9.17, 15) is 0 Å². The predicted molar refractivity (Wildman–Crippen MR) is 83.8 cm³/mol. The molecule has 21 heavy (non-hydrogen) atoms.